The molecular formula is C12H23F2NO. The van der Waals surface area contributed by atoms with Crippen LogP contribution in [0.1, 0.15) is 39.0 Å². The van der Waals surface area contributed by atoms with Gasteiger partial charge in [-0.3, -0.25) is 0 Å². The molecule has 4 heteroatoms. The van der Waals surface area contributed by atoms with E-state index in [0.717, 1.165) is 6.54 Å². The predicted octanol–water partition coefficient (Wildman–Crippen LogP) is 2.83. The molecule has 0 aromatic rings. The van der Waals surface area contributed by atoms with Crippen LogP contribution in [-0.2, 0) is 4.74 Å². The van der Waals surface area contributed by atoms with E-state index in [1.165, 1.54) is 32.1 Å². The van der Waals surface area contributed by atoms with Gasteiger partial charge in [0.15, 0.2) is 0 Å². The normalized spacial score (nSPS) is 20.2. The number of nitrogens with one attached hydrogen (secondary N) is 1. The van der Waals surface area contributed by atoms with E-state index in [4.69, 9.17) is 4.74 Å². The first-order valence-corrected chi connectivity index (χ1v) is 6.33. The zero-order chi connectivity index (χ0) is 11.8. The molecule has 0 bridgehead atoms. The summed E-state index contributed by atoms with van der Waals surface area (Å²) in [5.74, 6) is 0.603. The summed E-state index contributed by atoms with van der Waals surface area (Å²) in [5, 5.41) is 3.36. The average molecular weight is 235 g/mol. The van der Waals surface area contributed by atoms with Gasteiger partial charge in [0.05, 0.1) is 6.61 Å². The first-order chi connectivity index (χ1) is 7.74. The van der Waals surface area contributed by atoms with Gasteiger partial charge in [0.1, 0.15) is 6.61 Å². The summed E-state index contributed by atoms with van der Waals surface area (Å²) < 4.78 is 29.0. The third kappa shape index (κ3) is 5.21. The molecule has 2 nitrogen and oxygen atoms in total. The highest BCUT2D eigenvalue weighted by Gasteiger charge is 2.23. The van der Waals surface area contributed by atoms with Crippen LogP contribution in [0.25, 0.3) is 0 Å². The van der Waals surface area contributed by atoms with Crippen LogP contribution in [0.3, 0.4) is 0 Å². The Morgan fingerprint density at radius 1 is 1.19 bits per heavy atom. The summed E-state index contributed by atoms with van der Waals surface area (Å²) >= 11 is 0. The van der Waals surface area contributed by atoms with Crippen LogP contribution in [0.2, 0.25) is 0 Å². The second-order valence-electron chi connectivity index (χ2n) is 4.49. The molecule has 16 heavy (non-hydrogen) atoms. The van der Waals surface area contributed by atoms with E-state index in [9.17, 15) is 8.78 Å². The molecule has 0 saturated heterocycles. The molecule has 0 radical (unpaired) electrons. The van der Waals surface area contributed by atoms with Crippen molar-refractivity contribution in [3.8, 4) is 0 Å². The van der Waals surface area contributed by atoms with E-state index in [1.54, 1.807) is 0 Å². The van der Waals surface area contributed by atoms with Gasteiger partial charge in [-0.25, -0.2) is 8.78 Å². The summed E-state index contributed by atoms with van der Waals surface area (Å²) in [4.78, 5) is 0. The minimum atomic E-state index is -2.35. The van der Waals surface area contributed by atoms with E-state index in [0.29, 0.717) is 12.5 Å². The Labute approximate surface area is 96.7 Å². The van der Waals surface area contributed by atoms with E-state index >= 15 is 0 Å². The van der Waals surface area contributed by atoms with Crippen molar-refractivity contribution in [2.75, 3.05) is 19.8 Å². The number of likely N-dealkylation sites (N-methyl/N-ethyl adjacent to an activating group) is 1. The molecule has 0 spiro atoms. The summed E-state index contributed by atoms with van der Waals surface area (Å²) in [6, 6.07) is 0.254. The number of hydrogen-bond acceptors (Lipinski definition) is 2. The van der Waals surface area contributed by atoms with Crippen molar-refractivity contribution in [3.05, 3.63) is 0 Å². The van der Waals surface area contributed by atoms with Gasteiger partial charge < -0.3 is 10.1 Å². The molecule has 96 valence electrons. The number of alkyl halides is 2. The van der Waals surface area contributed by atoms with E-state index in [1.807, 2.05) is 6.92 Å². The van der Waals surface area contributed by atoms with Crippen LogP contribution >= 0.6 is 0 Å². The van der Waals surface area contributed by atoms with Gasteiger partial charge in [-0.15, -0.1) is 0 Å². The van der Waals surface area contributed by atoms with Crippen LogP contribution < -0.4 is 5.32 Å². The van der Waals surface area contributed by atoms with Crippen molar-refractivity contribution in [1.82, 2.24) is 5.32 Å². The van der Waals surface area contributed by atoms with Crippen LogP contribution in [0.4, 0.5) is 8.78 Å². The zero-order valence-corrected chi connectivity index (χ0v) is 10.1. The largest absolute Gasteiger partial charge is 0.374 e. The summed E-state index contributed by atoms with van der Waals surface area (Å²) in [6.45, 7) is 2.90. The Kier molecular flexibility index (Phi) is 6.88. The zero-order valence-electron chi connectivity index (χ0n) is 10.1. The third-order valence-electron chi connectivity index (χ3n) is 3.23. The van der Waals surface area contributed by atoms with E-state index in [-0.39, 0.29) is 6.04 Å². The average Bonchev–Trinajstić information content (AvgIpc) is 2.29. The molecule has 1 saturated carbocycles. The van der Waals surface area contributed by atoms with Crippen LogP contribution in [0.15, 0.2) is 0 Å². The van der Waals surface area contributed by atoms with Crippen molar-refractivity contribution >= 4 is 0 Å². The number of ether oxygens (including phenoxy) is 1. The summed E-state index contributed by atoms with van der Waals surface area (Å²) in [6.07, 6.45) is 3.90. The van der Waals surface area contributed by atoms with Crippen molar-refractivity contribution in [3.63, 3.8) is 0 Å². The minimum absolute atomic E-state index is 0.254. The minimum Gasteiger partial charge on any atom is -0.374 e. The molecule has 1 rings (SSSR count). The van der Waals surface area contributed by atoms with Gasteiger partial charge in [0.25, 0.3) is 6.43 Å². The maximum absolute atomic E-state index is 12.0. The first-order valence-electron chi connectivity index (χ1n) is 6.33. The van der Waals surface area contributed by atoms with Crippen LogP contribution in [-0.4, -0.2) is 32.2 Å². The lowest BCUT2D eigenvalue weighted by atomic mass is 9.84. The second kappa shape index (κ2) is 7.96. The molecular weight excluding hydrogens is 212 g/mol. The highest BCUT2D eigenvalue weighted by molar-refractivity contribution is 4.78. The molecule has 1 fully saturated rings. The Hall–Kier alpha value is -0.220. The summed E-state index contributed by atoms with van der Waals surface area (Å²) in [5.41, 5.74) is 0. The topological polar surface area (TPSA) is 21.3 Å². The maximum Gasteiger partial charge on any atom is 0.261 e. The molecule has 0 amide bonds. The van der Waals surface area contributed by atoms with Gasteiger partial charge in [0, 0.05) is 6.04 Å². The molecule has 0 aromatic heterocycles. The first kappa shape index (κ1) is 13.8. The molecule has 1 aliphatic carbocycles. The second-order valence-corrected chi connectivity index (χ2v) is 4.49. The fourth-order valence-corrected chi connectivity index (χ4v) is 2.44. The van der Waals surface area contributed by atoms with Crippen molar-refractivity contribution in [2.45, 2.75) is 51.5 Å². The molecule has 1 unspecified atom stereocenters. The number of hydrogen-bond donors (Lipinski definition) is 1. The van der Waals surface area contributed by atoms with Crippen molar-refractivity contribution in [2.24, 2.45) is 5.92 Å². The number of halogens is 2. The molecule has 1 N–H and O–H groups in total. The molecule has 0 heterocycles. The Morgan fingerprint density at radius 2 is 1.88 bits per heavy atom. The molecule has 0 aromatic carbocycles. The molecule has 1 atom stereocenters. The van der Waals surface area contributed by atoms with Gasteiger partial charge in [-0.05, 0) is 25.3 Å². The molecule has 0 aliphatic heterocycles. The maximum atomic E-state index is 12.0. The lowest BCUT2D eigenvalue weighted by Gasteiger charge is -2.30. The van der Waals surface area contributed by atoms with Crippen molar-refractivity contribution < 1.29 is 13.5 Å². The smallest absolute Gasteiger partial charge is 0.261 e. The third-order valence-corrected chi connectivity index (χ3v) is 3.23. The standard InChI is InChI=1S/C12H23F2NO/c1-2-15-11(8-16-9-12(13)14)10-6-4-3-5-7-10/h10-12,15H,2-9H2,1H3. The Balaban J connectivity index is 2.27. The molecule has 1 aliphatic rings. The SMILES string of the molecule is CCNC(COCC(F)F)C1CCCCC1. The van der Waals surface area contributed by atoms with Gasteiger partial charge in [-0.2, -0.15) is 0 Å². The Morgan fingerprint density at radius 3 is 2.44 bits per heavy atom. The van der Waals surface area contributed by atoms with E-state index in [2.05, 4.69) is 5.32 Å². The lowest BCUT2D eigenvalue weighted by Crippen LogP contribution is -2.41. The van der Waals surface area contributed by atoms with Crippen LogP contribution in [0.5, 0.6) is 0 Å². The monoisotopic (exact) mass is 235 g/mol. The summed E-state index contributed by atoms with van der Waals surface area (Å²) in [7, 11) is 0. The highest BCUT2D eigenvalue weighted by Crippen LogP contribution is 2.26. The quantitative estimate of drug-likeness (QED) is 0.732. The highest BCUT2D eigenvalue weighted by atomic mass is 19.3. The van der Waals surface area contributed by atoms with Crippen molar-refractivity contribution in [1.29, 1.82) is 0 Å². The van der Waals surface area contributed by atoms with E-state index < -0.39 is 13.0 Å². The lowest BCUT2D eigenvalue weighted by molar-refractivity contribution is 0.00134. The van der Waals surface area contributed by atoms with Gasteiger partial charge in [-0.1, -0.05) is 26.2 Å². The fourth-order valence-electron chi connectivity index (χ4n) is 2.44. The predicted molar refractivity (Wildman–Crippen MR) is 60.9 cm³/mol. The van der Waals surface area contributed by atoms with Crippen LogP contribution in [0, 0.1) is 5.92 Å². The van der Waals surface area contributed by atoms with Gasteiger partial charge in [0.2, 0.25) is 0 Å². The Bertz CT molecular complexity index is 172. The van der Waals surface area contributed by atoms with Gasteiger partial charge >= 0.3 is 0 Å². The number of rotatable bonds is 7. The fraction of sp³-hybridized carbons (Fsp3) is 1.00.